The molecule has 4 atom stereocenters. The Labute approximate surface area is 186 Å². The number of esters is 1. The maximum Gasteiger partial charge on any atom is 0.311 e. The summed E-state index contributed by atoms with van der Waals surface area (Å²) in [5.74, 6) is -0.337. The molecule has 3 aromatic carbocycles. The molecule has 4 heteroatoms. The zero-order valence-electron chi connectivity index (χ0n) is 17.1. The van der Waals surface area contributed by atoms with Gasteiger partial charge in [-0.05, 0) is 35.6 Å². The van der Waals surface area contributed by atoms with E-state index < -0.39 is 12.0 Å². The van der Waals surface area contributed by atoms with Gasteiger partial charge in [-0.15, -0.1) is 11.8 Å². The van der Waals surface area contributed by atoms with Gasteiger partial charge in [-0.1, -0.05) is 78.9 Å². The van der Waals surface area contributed by atoms with Gasteiger partial charge >= 0.3 is 5.97 Å². The Morgan fingerprint density at radius 1 is 0.839 bits per heavy atom. The van der Waals surface area contributed by atoms with Gasteiger partial charge in [-0.3, -0.25) is 9.59 Å². The molecule has 0 heterocycles. The summed E-state index contributed by atoms with van der Waals surface area (Å²) in [5.41, 5.74) is 1.87. The van der Waals surface area contributed by atoms with Crippen LogP contribution < -0.4 is 0 Å². The maximum atomic E-state index is 13.6. The number of hydrogen-bond donors (Lipinski definition) is 0. The fourth-order valence-corrected chi connectivity index (χ4v) is 6.33. The van der Waals surface area contributed by atoms with Gasteiger partial charge in [-0.2, -0.15) is 0 Å². The van der Waals surface area contributed by atoms with Crippen molar-refractivity contribution in [2.45, 2.75) is 29.1 Å². The van der Waals surface area contributed by atoms with Gasteiger partial charge in [0.2, 0.25) is 0 Å². The fourth-order valence-electron chi connectivity index (χ4n) is 4.90. The van der Waals surface area contributed by atoms with Crippen LogP contribution in [0.4, 0.5) is 0 Å². The Morgan fingerprint density at radius 2 is 1.39 bits per heavy atom. The van der Waals surface area contributed by atoms with E-state index in [1.54, 1.807) is 11.8 Å². The van der Waals surface area contributed by atoms with E-state index in [2.05, 4.69) is 12.1 Å². The minimum Gasteiger partial charge on any atom is -0.452 e. The lowest BCUT2D eigenvalue weighted by Crippen LogP contribution is -2.41. The highest BCUT2D eigenvalue weighted by molar-refractivity contribution is 8.00. The molecule has 156 valence electrons. The van der Waals surface area contributed by atoms with E-state index in [0.29, 0.717) is 12.3 Å². The van der Waals surface area contributed by atoms with Gasteiger partial charge in [0, 0.05) is 22.5 Å². The summed E-state index contributed by atoms with van der Waals surface area (Å²) in [6, 6.07) is 29.8. The second-order valence-corrected chi connectivity index (χ2v) is 9.64. The normalized spacial score (nSPS) is 24.5. The third-order valence-corrected chi connectivity index (χ3v) is 7.74. The highest BCUT2D eigenvalue weighted by Crippen LogP contribution is 2.54. The summed E-state index contributed by atoms with van der Waals surface area (Å²) >= 11 is 1.70. The van der Waals surface area contributed by atoms with Crippen molar-refractivity contribution >= 4 is 23.5 Å². The third-order valence-electron chi connectivity index (χ3n) is 6.41. The molecule has 0 N–H and O–H groups in total. The highest BCUT2D eigenvalue weighted by Gasteiger charge is 2.57. The van der Waals surface area contributed by atoms with E-state index >= 15 is 0 Å². The average Bonchev–Trinajstić information content (AvgIpc) is 3.11. The van der Waals surface area contributed by atoms with Crippen molar-refractivity contribution < 1.29 is 14.3 Å². The number of benzene rings is 3. The van der Waals surface area contributed by atoms with E-state index in [1.807, 2.05) is 78.9 Å². The molecule has 5 rings (SSSR count). The average molecular weight is 429 g/mol. The highest BCUT2D eigenvalue weighted by atomic mass is 32.2. The maximum absolute atomic E-state index is 13.6. The molecule has 0 radical (unpaired) electrons. The lowest BCUT2D eigenvalue weighted by molar-refractivity contribution is -0.158. The number of ketones is 1. The number of Topliss-reactive ketones (excluding diaryl/α,β-unsaturated/α-hetero) is 1. The molecule has 3 aromatic rings. The quantitative estimate of drug-likeness (QED) is 0.472. The summed E-state index contributed by atoms with van der Waals surface area (Å²) in [7, 11) is 0. The molecule has 2 aliphatic carbocycles. The van der Waals surface area contributed by atoms with Crippen LogP contribution in [0.1, 0.15) is 30.1 Å². The first-order valence-electron chi connectivity index (χ1n) is 10.8. The molecule has 0 saturated heterocycles. The van der Waals surface area contributed by atoms with Crippen molar-refractivity contribution in [2.75, 3.05) is 0 Å². The van der Waals surface area contributed by atoms with Crippen molar-refractivity contribution in [3.8, 4) is 0 Å². The number of ether oxygens (including phenoxy) is 1. The minimum absolute atomic E-state index is 0.0588. The molecule has 31 heavy (non-hydrogen) atoms. The first-order valence-corrected chi connectivity index (χ1v) is 11.6. The van der Waals surface area contributed by atoms with Gasteiger partial charge in [0.15, 0.2) is 6.10 Å². The molecule has 0 amide bonds. The van der Waals surface area contributed by atoms with Crippen LogP contribution in [0.3, 0.4) is 0 Å². The van der Waals surface area contributed by atoms with Gasteiger partial charge in [0.1, 0.15) is 5.78 Å². The van der Waals surface area contributed by atoms with Crippen molar-refractivity contribution in [1.29, 1.82) is 0 Å². The predicted molar refractivity (Wildman–Crippen MR) is 122 cm³/mol. The van der Waals surface area contributed by atoms with Crippen molar-refractivity contribution in [1.82, 2.24) is 0 Å². The number of thioether (sulfide) groups is 1. The zero-order valence-corrected chi connectivity index (χ0v) is 17.9. The number of rotatable bonds is 6. The van der Waals surface area contributed by atoms with E-state index in [9.17, 15) is 9.59 Å². The van der Waals surface area contributed by atoms with Crippen LogP contribution in [0.25, 0.3) is 0 Å². The van der Waals surface area contributed by atoms with Crippen molar-refractivity contribution in [3.63, 3.8) is 0 Å². The van der Waals surface area contributed by atoms with Crippen LogP contribution in [0, 0.1) is 17.8 Å². The van der Waals surface area contributed by atoms with E-state index in [-0.39, 0.29) is 22.9 Å². The molecule has 2 aliphatic rings. The van der Waals surface area contributed by atoms with Crippen LogP contribution in [0.15, 0.2) is 95.9 Å². The molecule has 0 spiro atoms. The molecule has 0 aliphatic heterocycles. The molecule has 3 nitrogen and oxygen atoms in total. The van der Waals surface area contributed by atoms with Crippen LogP contribution in [-0.2, 0) is 14.3 Å². The summed E-state index contributed by atoms with van der Waals surface area (Å²) in [6.45, 7) is 0. The third kappa shape index (κ3) is 4.05. The first kappa shape index (κ1) is 20.1. The molecule has 2 saturated carbocycles. The van der Waals surface area contributed by atoms with Gasteiger partial charge in [0.25, 0.3) is 0 Å². The number of carbonyl (C=O) groups excluding carboxylic acids is 2. The predicted octanol–water partition coefficient (Wildman–Crippen LogP) is 5.71. The molecule has 2 fully saturated rings. The van der Waals surface area contributed by atoms with Crippen LogP contribution >= 0.6 is 11.8 Å². The van der Waals surface area contributed by atoms with Gasteiger partial charge < -0.3 is 4.74 Å². The summed E-state index contributed by atoms with van der Waals surface area (Å²) in [5, 5.41) is 0.0588. The second-order valence-electron chi connectivity index (χ2n) is 8.33. The molecule has 0 bridgehead atoms. The Bertz CT molecular complexity index is 1010. The van der Waals surface area contributed by atoms with Crippen LogP contribution in [-0.4, -0.2) is 17.0 Å². The van der Waals surface area contributed by atoms with Gasteiger partial charge in [-0.25, -0.2) is 0 Å². The smallest absolute Gasteiger partial charge is 0.311 e. The van der Waals surface area contributed by atoms with E-state index in [1.165, 1.54) is 0 Å². The number of hydrogen-bond acceptors (Lipinski definition) is 4. The summed E-state index contributed by atoms with van der Waals surface area (Å²) in [4.78, 5) is 27.1. The Hall–Kier alpha value is -2.85. The van der Waals surface area contributed by atoms with Crippen molar-refractivity contribution in [3.05, 3.63) is 102 Å². The lowest BCUT2D eigenvalue weighted by Gasteiger charge is -2.32. The number of fused-ring (bicyclic) bond motifs is 1. The SMILES string of the molecule is O=C1CC2CC(Sc3ccccc3)C(C(=O)OC(c3ccccc3)c3ccccc3)C12. The van der Waals surface area contributed by atoms with E-state index in [4.69, 9.17) is 4.74 Å². The van der Waals surface area contributed by atoms with Crippen LogP contribution in [0.2, 0.25) is 0 Å². The molecule has 4 unspecified atom stereocenters. The van der Waals surface area contributed by atoms with Crippen molar-refractivity contribution in [2.24, 2.45) is 17.8 Å². The Morgan fingerprint density at radius 3 is 1.94 bits per heavy atom. The van der Waals surface area contributed by atoms with Crippen LogP contribution in [0.5, 0.6) is 0 Å². The largest absolute Gasteiger partial charge is 0.452 e. The summed E-state index contributed by atoms with van der Waals surface area (Å²) < 4.78 is 6.17. The van der Waals surface area contributed by atoms with E-state index in [0.717, 1.165) is 22.4 Å². The standard InChI is InChI=1S/C27H24O3S/c28-22-16-20-17-23(31-21-14-8-3-9-15-21)25(24(20)22)27(29)30-26(18-10-4-1-5-11-18)19-12-6-2-7-13-19/h1-15,20,23-26H,16-17H2. The lowest BCUT2D eigenvalue weighted by atomic mass is 9.71. The Balaban J connectivity index is 1.42. The molecular formula is C27H24O3S. The first-order chi connectivity index (χ1) is 15.2. The second kappa shape index (κ2) is 8.72. The Kier molecular flexibility index (Phi) is 5.65. The number of carbonyl (C=O) groups is 2. The minimum atomic E-state index is -0.480. The topological polar surface area (TPSA) is 43.4 Å². The molecule has 0 aromatic heterocycles. The fraction of sp³-hybridized carbons (Fsp3) is 0.259. The summed E-state index contributed by atoms with van der Waals surface area (Å²) in [6.07, 6.45) is 1.00. The van der Waals surface area contributed by atoms with Gasteiger partial charge in [0.05, 0.1) is 5.92 Å². The molecular weight excluding hydrogens is 404 g/mol. The zero-order chi connectivity index (χ0) is 21.2. The monoisotopic (exact) mass is 428 g/mol.